The fraction of sp³-hybridized carbons (Fsp3) is 0.0714. The number of anilines is 1. The number of hydrogen-bond donors (Lipinski definition) is 1. The first-order valence-corrected chi connectivity index (χ1v) is 7.71. The number of benzene rings is 1. The maximum atomic E-state index is 11.7. The Morgan fingerprint density at radius 3 is 2.95 bits per heavy atom. The Morgan fingerprint density at radius 2 is 2.14 bits per heavy atom. The fourth-order valence-electron chi connectivity index (χ4n) is 1.70. The van der Waals surface area contributed by atoms with E-state index in [1.807, 2.05) is 36.4 Å². The van der Waals surface area contributed by atoms with Gasteiger partial charge in [0.1, 0.15) is 17.0 Å². The second kappa shape index (κ2) is 6.19. The molecule has 21 heavy (non-hydrogen) atoms. The summed E-state index contributed by atoms with van der Waals surface area (Å²) in [6.45, 7) is 0.224. The van der Waals surface area contributed by atoms with Gasteiger partial charge in [-0.25, -0.2) is 14.8 Å². The summed E-state index contributed by atoms with van der Waals surface area (Å²) in [5.41, 5.74) is 1.66. The zero-order valence-electron chi connectivity index (χ0n) is 10.7. The van der Waals surface area contributed by atoms with Crippen LogP contribution in [0.4, 0.5) is 9.93 Å². The van der Waals surface area contributed by atoms with Crippen LogP contribution in [0.2, 0.25) is 0 Å². The lowest BCUT2D eigenvalue weighted by atomic mass is 10.2. The van der Waals surface area contributed by atoms with Gasteiger partial charge in [-0.1, -0.05) is 41.7 Å². The summed E-state index contributed by atoms with van der Waals surface area (Å²) in [5.74, 6) is 0. The number of ether oxygens (including phenoxy) is 1. The predicted molar refractivity (Wildman–Crippen MR) is 85.4 cm³/mol. The molecule has 3 rings (SSSR count). The van der Waals surface area contributed by atoms with Gasteiger partial charge < -0.3 is 4.74 Å². The minimum atomic E-state index is -0.531. The first kappa shape index (κ1) is 14.0. The van der Waals surface area contributed by atoms with Crippen LogP contribution in [0.1, 0.15) is 5.56 Å². The Kier molecular flexibility index (Phi) is 4.12. The van der Waals surface area contributed by atoms with Crippen molar-refractivity contribution in [3.63, 3.8) is 0 Å². The first-order valence-electron chi connectivity index (χ1n) is 6.10. The molecule has 0 aliphatic heterocycles. The maximum Gasteiger partial charge on any atom is 0.413 e. The Balaban J connectivity index is 1.63. The molecular weight excluding hydrogens is 354 g/mol. The minimum absolute atomic E-state index is 0.224. The van der Waals surface area contributed by atoms with E-state index >= 15 is 0 Å². The number of nitrogens with one attached hydrogen (secondary N) is 1. The van der Waals surface area contributed by atoms with E-state index < -0.39 is 6.09 Å². The molecule has 0 radical (unpaired) electrons. The molecule has 0 bridgehead atoms. The van der Waals surface area contributed by atoms with Crippen molar-refractivity contribution < 1.29 is 9.53 Å². The summed E-state index contributed by atoms with van der Waals surface area (Å²) < 4.78 is 5.98. The molecule has 0 unspecified atom stereocenters. The number of halogens is 1. The van der Waals surface area contributed by atoms with Crippen LogP contribution in [0.5, 0.6) is 0 Å². The monoisotopic (exact) mass is 363 g/mol. The van der Waals surface area contributed by atoms with Crippen LogP contribution in [-0.4, -0.2) is 16.1 Å². The SMILES string of the molecule is O=C(Nc1nc2cc(Br)cnc2s1)OCc1ccccc1. The van der Waals surface area contributed by atoms with Gasteiger partial charge in [-0.3, -0.25) is 5.32 Å². The Morgan fingerprint density at radius 1 is 1.33 bits per heavy atom. The third-order valence-electron chi connectivity index (χ3n) is 2.64. The van der Waals surface area contributed by atoms with Crippen LogP contribution in [0, 0.1) is 0 Å². The number of carbonyl (C=O) groups excluding carboxylic acids is 1. The van der Waals surface area contributed by atoms with Gasteiger partial charge in [-0.05, 0) is 27.6 Å². The normalized spacial score (nSPS) is 10.5. The predicted octanol–water partition coefficient (Wildman–Crippen LogP) is 4.20. The van der Waals surface area contributed by atoms with Crippen molar-refractivity contribution in [3.8, 4) is 0 Å². The van der Waals surface area contributed by atoms with Gasteiger partial charge in [0.2, 0.25) is 0 Å². The topological polar surface area (TPSA) is 64.1 Å². The highest BCUT2D eigenvalue weighted by Crippen LogP contribution is 2.26. The molecule has 0 atom stereocenters. The Hall–Kier alpha value is -1.99. The summed E-state index contributed by atoms with van der Waals surface area (Å²) in [6, 6.07) is 11.3. The number of thiazole rings is 1. The highest BCUT2D eigenvalue weighted by atomic mass is 79.9. The lowest BCUT2D eigenvalue weighted by Gasteiger charge is -2.04. The number of aromatic nitrogens is 2. The summed E-state index contributed by atoms with van der Waals surface area (Å²) in [4.78, 5) is 21.0. The zero-order chi connectivity index (χ0) is 14.7. The third-order valence-corrected chi connectivity index (χ3v) is 3.96. The number of nitrogens with zero attached hydrogens (tertiary/aromatic N) is 2. The molecule has 2 aromatic heterocycles. The van der Waals surface area contributed by atoms with Crippen LogP contribution in [-0.2, 0) is 11.3 Å². The quantitative estimate of drug-likeness (QED) is 0.757. The molecule has 3 aromatic rings. The standard InChI is InChI=1S/C14H10BrN3O2S/c15-10-6-11-12(16-7-10)21-13(17-11)18-14(19)20-8-9-4-2-1-3-5-9/h1-7H,8H2,(H,17,18,19). The van der Waals surface area contributed by atoms with Gasteiger partial charge in [0.15, 0.2) is 5.13 Å². The minimum Gasteiger partial charge on any atom is -0.444 e. The Bertz CT molecular complexity index is 776. The van der Waals surface area contributed by atoms with Crippen LogP contribution in [0.3, 0.4) is 0 Å². The molecule has 0 saturated heterocycles. The first-order chi connectivity index (χ1) is 10.2. The molecule has 0 saturated carbocycles. The van der Waals surface area contributed by atoms with Crippen LogP contribution in [0.25, 0.3) is 10.3 Å². The van der Waals surface area contributed by atoms with E-state index in [-0.39, 0.29) is 6.61 Å². The molecule has 1 aromatic carbocycles. The molecule has 0 aliphatic carbocycles. The number of hydrogen-bond acceptors (Lipinski definition) is 5. The lowest BCUT2D eigenvalue weighted by Crippen LogP contribution is -2.13. The molecule has 106 valence electrons. The largest absolute Gasteiger partial charge is 0.444 e. The highest BCUT2D eigenvalue weighted by Gasteiger charge is 2.09. The zero-order valence-corrected chi connectivity index (χ0v) is 13.1. The number of amides is 1. The number of carbonyl (C=O) groups is 1. The Labute approximate surface area is 133 Å². The van der Waals surface area contributed by atoms with Crippen molar-refractivity contribution >= 4 is 48.8 Å². The third kappa shape index (κ3) is 3.56. The smallest absolute Gasteiger partial charge is 0.413 e. The lowest BCUT2D eigenvalue weighted by molar-refractivity contribution is 0.155. The van der Waals surface area contributed by atoms with E-state index in [0.717, 1.165) is 20.4 Å². The van der Waals surface area contributed by atoms with Gasteiger partial charge in [-0.15, -0.1) is 0 Å². The molecule has 1 amide bonds. The van der Waals surface area contributed by atoms with E-state index in [4.69, 9.17) is 4.74 Å². The molecule has 7 heteroatoms. The maximum absolute atomic E-state index is 11.7. The molecule has 0 fully saturated rings. The second-order valence-corrected chi connectivity index (χ2v) is 6.08. The van der Waals surface area contributed by atoms with Gasteiger partial charge in [0.05, 0.1) is 0 Å². The van der Waals surface area contributed by atoms with Crippen molar-refractivity contribution in [1.82, 2.24) is 9.97 Å². The van der Waals surface area contributed by atoms with E-state index in [0.29, 0.717) is 5.13 Å². The number of pyridine rings is 1. The summed E-state index contributed by atoms with van der Waals surface area (Å²) in [7, 11) is 0. The van der Waals surface area contributed by atoms with Crippen molar-refractivity contribution in [3.05, 3.63) is 52.6 Å². The van der Waals surface area contributed by atoms with Gasteiger partial charge in [0, 0.05) is 10.7 Å². The molecule has 0 aliphatic rings. The van der Waals surface area contributed by atoms with Crippen molar-refractivity contribution in [2.75, 3.05) is 5.32 Å². The van der Waals surface area contributed by atoms with Crippen molar-refractivity contribution in [2.24, 2.45) is 0 Å². The molecule has 5 nitrogen and oxygen atoms in total. The molecule has 2 heterocycles. The second-order valence-electron chi connectivity index (χ2n) is 4.18. The average Bonchev–Trinajstić information content (AvgIpc) is 2.87. The van der Waals surface area contributed by atoms with E-state index in [1.165, 1.54) is 11.3 Å². The van der Waals surface area contributed by atoms with Gasteiger partial charge >= 0.3 is 6.09 Å². The molecular formula is C14H10BrN3O2S. The number of fused-ring (bicyclic) bond motifs is 1. The molecule has 1 N–H and O–H groups in total. The van der Waals surface area contributed by atoms with Gasteiger partial charge in [0.25, 0.3) is 0 Å². The van der Waals surface area contributed by atoms with Crippen molar-refractivity contribution in [1.29, 1.82) is 0 Å². The van der Waals surface area contributed by atoms with Crippen LogP contribution in [0.15, 0.2) is 47.1 Å². The summed E-state index contributed by atoms with van der Waals surface area (Å²) >= 11 is 4.63. The van der Waals surface area contributed by atoms with Crippen molar-refractivity contribution in [2.45, 2.75) is 6.61 Å². The summed E-state index contributed by atoms with van der Waals surface area (Å²) in [6.07, 6.45) is 1.16. The fourth-order valence-corrected chi connectivity index (χ4v) is 2.79. The van der Waals surface area contributed by atoms with E-state index in [2.05, 4.69) is 31.2 Å². The van der Waals surface area contributed by atoms with Crippen LogP contribution < -0.4 is 5.32 Å². The number of rotatable bonds is 3. The van der Waals surface area contributed by atoms with Crippen LogP contribution >= 0.6 is 27.3 Å². The van der Waals surface area contributed by atoms with Gasteiger partial charge in [-0.2, -0.15) is 0 Å². The van der Waals surface area contributed by atoms with E-state index in [9.17, 15) is 4.79 Å². The average molecular weight is 364 g/mol. The highest BCUT2D eigenvalue weighted by molar-refractivity contribution is 9.10. The van der Waals surface area contributed by atoms with E-state index in [1.54, 1.807) is 6.20 Å². The summed E-state index contributed by atoms with van der Waals surface area (Å²) in [5, 5.41) is 3.08. The molecule has 0 spiro atoms.